The summed E-state index contributed by atoms with van der Waals surface area (Å²) in [6, 6.07) is 12.6. The third-order valence-electron chi connectivity index (χ3n) is 4.98. The van der Waals surface area contributed by atoms with Gasteiger partial charge in [0.15, 0.2) is 11.6 Å². The molecule has 0 fully saturated rings. The molecule has 2 aromatic heterocycles. The average molecular weight is 425 g/mol. The van der Waals surface area contributed by atoms with Crippen LogP contribution in [0, 0.1) is 23.0 Å². The molecule has 0 saturated carbocycles. The van der Waals surface area contributed by atoms with E-state index in [0.29, 0.717) is 5.56 Å². The Kier molecular flexibility index (Phi) is 4.67. The van der Waals surface area contributed by atoms with Crippen molar-refractivity contribution in [3.63, 3.8) is 0 Å². The predicted octanol–water partition coefficient (Wildman–Crippen LogP) is 5.11. The molecular formula is C22H15ClF2N4O. The highest BCUT2D eigenvalue weighted by atomic mass is 35.5. The molecule has 0 aliphatic rings. The zero-order chi connectivity index (χ0) is 21.6. The van der Waals surface area contributed by atoms with Gasteiger partial charge in [0.2, 0.25) is 0 Å². The molecule has 0 bridgehead atoms. The van der Waals surface area contributed by atoms with E-state index in [0.717, 1.165) is 22.4 Å². The van der Waals surface area contributed by atoms with E-state index in [2.05, 4.69) is 16.2 Å². The van der Waals surface area contributed by atoms with Crippen LogP contribution in [-0.2, 0) is 5.41 Å². The zero-order valence-electron chi connectivity index (χ0n) is 16.0. The Morgan fingerprint density at radius 2 is 1.77 bits per heavy atom. The lowest BCUT2D eigenvalue weighted by Crippen LogP contribution is -2.13. The fraction of sp³-hybridized carbons (Fsp3) is 0.136. The molecule has 0 aliphatic carbocycles. The van der Waals surface area contributed by atoms with Crippen LogP contribution in [0.1, 0.15) is 19.4 Å². The molecule has 4 aromatic rings. The van der Waals surface area contributed by atoms with E-state index in [4.69, 9.17) is 11.6 Å². The third-order valence-corrected chi connectivity index (χ3v) is 5.27. The molecule has 5 nitrogen and oxygen atoms in total. The van der Waals surface area contributed by atoms with Crippen molar-refractivity contribution in [1.29, 1.82) is 5.26 Å². The second-order valence-corrected chi connectivity index (χ2v) is 7.74. The van der Waals surface area contributed by atoms with Gasteiger partial charge in [-0.3, -0.25) is 4.79 Å². The van der Waals surface area contributed by atoms with Crippen LogP contribution >= 0.6 is 11.6 Å². The number of benzene rings is 2. The van der Waals surface area contributed by atoms with Gasteiger partial charge in [0.05, 0.1) is 21.9 Å². The average Bonchev–Trinajstić information content (AvgIpc) is 3.12. The first-order valence-corrected chi connectivity index (χ1v) is 9.39. The Hall–Kier alpha value is -3.50. The number of nitrogens with one attached hydrogen (secondary N) is 1. The summed E-state index contributed by atoms with van der Waals surface area (Å²) in [7, 11) is 0. The number of para-hydroxylation sites is 1. The molecule has 2 aromatic carbocycles. The highest BCUT2D eigenvalue weighted by molar-refractivity contribution is 6.35. The Bertz CT molecular complexity index is 1360. The van der Waals surface area contributed by atoms with Crippen LogP contribution < -0.4 is 5.56 Å². The van der Waals surface area contributed by atoms with Crippen molar-refractivity contribution in [2.24, 2.45) is 0 Å². The standard InChI is InChI=1S/C22H15ClF2N4O/c1-22(2,11-26)13-8-6-12(7-9-13)18-17-19(14(23)10-27-21(17)30)29(28-18)20-15(24)4-3-5-16(20)25/h3-10H,1-2H3,(H,27,30). The lowest BCUT2D eigenvalue weighted by molar-refractivity contribution is 0.563. The number of pyridine rings is 1. The van der Waals surface area contributed by atoms with Crippen molar-refractivity contribution in [3.05, 3.63) is 81.2 Å². The van der Waals surface area contributed by atoms with Gasteiger partial charge in [-0.2, -0.15) is 10.4 Å². The summed E-state index contributed by atoms with van der Waals surface area (Å²) in [6.07, 6.45) is 1.26. The number of hydrogen-bond donors (Lipinski definition) is 1. The SMILES string of the molecule is CC(C)(C#N)c1ccc(-c2nn(-c3c(F)cccc3F)c3c(Cl)c[nH]c(=O)c23)cc1. The zero-order valence-corrected chi connectivity index (χ0v) is 16.8. The number of H-pyrrole nitrogens is 1. The van der Waals surface area contributed by atoms with Crippen molar-refractivity contribution in [3.8, 4) is 23.0 Å². The molecule has 8 heteroatoms. The predicted molar refractivity (Wildman–Crippen MR) is 111 cm³/mol. The third kappa shape index (κ3) is 3.06. The summed E-state index contributed by atoms with van der Waals surface area (Å²) >= 11 is 6.28. The number of aromatic nitrogens is 3. The van der Waals surface area contributed by atoms with Crippen molar-refractivity contribution in [2.45, 2.75) is 19.3 Å². The number of nitrogens with zero attached hydrogens (tertiary/aromatic N) is 3. The van der Waals surface area contributed by atoms with Gasteiger partial charge in [-0.25, -0.2) is 13.5 Å². The molecule has 0 unspecified atom stereocenters. The van der Waals surface area contributed by atoms with Crippen LogP contribution in [0.4, 0.5) is 8.78 Å². The lowest BCUT2D eigenvalue weighted by atomic mass is 9.86. The van der Waals surface area contributed by atoms with Gasteiger partial charge in [-0.05, 0) is 31.5 Å². The number of hydrogen-bond acceptors (Lipinski definition) is 3. The van der Waals surface area contributed by atoms with E-state index in [1.807, 2.05) is 0 Å². The van der Waals surface area contributed by atoms with E-state index >= 15 is 0 Å². The molecule has 0 radical (unpaired) electrons. The lowest BCUT2D eigenvalue weighted by Gasteiger charge is -2.15. The Labute approximate surface area is 175 Å². The Morgan fingerprint density at radius 3 is 2.37 bits per heavy atom. The van der Waals surface area contributed by atoms with Crippen molar-refractivity contribution in [2.75, 3.05) is 0 Å². The summed E-state index contributed by atoms with van der Waals surface area (Å²) < 4.78 is 30.0. The summed E-state index contributed by atoms with van der Waals surface area (Å²) in [5.41, 5.74) is 0.0260. The largest absolute Gasteiger partial charge is 0.327 e. The summed E-state index contributed by atoms with van der Waals surface area (Å²) in [5.74, 6) is -1.68. The normalized spacial score (nSPS) is 11.6. The number of aromatic amines is 1. The van der Waals surface area contributed by atoms with Crippen LogP contribution in [0.5, 0.6) is 0 Å². The minimum absolute atomic E-state index is 0.0910. The fourth-order valence-electron chi connectivity index (χ4n) is 3.29. The minimum atomic E-state index is -0.839. The Morgan fingerprint density at radius 1 is 1.13 bits per heavy atom. The topological polar surface area (TPSA) is 74.5 Å². The van der Waals surface area contributed by atoms with E-state index in [-0.39, 0.29) is 21.6 Å². The minimum Gasteiger partial charge on any atom is -0.327 e. The van der Waals surface area contributed by atoms with Crippen LogP contribution in [0.2, 0.25) is 5.02 Å². The van der Waals surface area contributed by atoms with Gasteiger partial charge in [-0.15, -0.1) is 0 Å². The van der Waals surface area contributed by atoms with Gasteiger partial charge in [0.25, 0.3) is 5.56 Å². The second-order valence-electron chi connectivity index (χ2n) is 7.33. The highest BCUT2D eigenvalue weighted by Crippen LogP contribution is 2.33. The first-order chi connectivity index (χ1) is 14.2. The molecule has 0 aliphatic heterocycles. The highest BCUT2D eigenvalue weighted by Gasteiger charge is 2.24. The molecule has 1 N–H and O–H groups in total. The monoisotopic (exact) mass is 424 g/mol. The van der Waals surface area contributed by atoms with Gasteiger partial charge in [-0.1, -0.05) is 41.9 Å². The van der Waals surface area contributed by atoms with Gasteiger partial charge < -0.3 is 4.98 Å². The maximum Gasteiger partial charge on any atom is 0.259 e. The van der Waals surface area contributed by atoms with Crippen molar-refractivity contribution < 1.29 is 8.78 Å². The molecule has 150 valence electrons. The number of halogens is 3. The van der Waals surface area contributed by atoms with Gasteiger partial charge >= 0.3 is 0 Å². The Balaban J connectivity index is 2.03. The smallest absolute Gasteiger partial charge is 0.259 e. The molecule has 0 spiro atoms. The molecule has 4 rings (SSSR count). The van der Waals surface area contributed by atoms with Crippen LogP contribution in [0.15, 0.2) is 53.5 Å². The molecule has 0 saturated heterocycles. The summed E-state index contributed by atoms with van der Waals surface area (Å²) in [4.78, 5) is 15.1. The summed E-state index contributed by atoms with van der Waals surface area (Å²) in [5, 5.41) is 13.9. The molecule has 2 heterocycles. The van der Waals surface area contributed by atoms with E-state index in [9.17, 15) is 18.8 Å². The quantitative estimate of drug-likeness (QED) is 0.496. The maximum absolute atomic E-state index is 14.5. The molecule has 0 atom stereocenters. The number of fused-ring (bicyclic) bond motifs is 1. The van der Waals surface area contributed by atoms with Crippen molar-refractivity contribution >= 4 is 22.5 Å². The van der Waals surface area contributed by atoms with Crippen LogP contribution in [0.25, 0.3) is 27.8 Å². The first-order valence-electron chi connectivity index (χ1n) is 9.01. The number of rotatable bonds is 3. The van der Waals surface area contributed by atoms with E-state index < -0.39 is 28.3 Å². The van der Waals surface area contributed by atoms with Gasteiger partial charge in [0.1, 0.15) is 16.9 Å². The van der Waals surface area contributed by atoms with E-state index in [1.165, 1.54) is 12.3 Å². The first kappa shape index (κ1) is 19.8. The van der Waals surface area contributed by atoms with Gasteiger partial charge in [0, 0.05) is 11.8 Å². The van der Waals surface area contributed by atoms with E-state index in [1.54, 1.807) is 38.1 Å². The second kappa shape index (κ2) is 7.08. The molecule has 0 amide bonds. The molecule has 30 heavy (non-hydrogen) atoms. The number of nitriles is 1. The molecular weight excluding hydrogens is 410 g/mol. The summed E-state index contributed by atoms with van der Waals surface area (Å²) in [6.45, 7) is 3.58. The fourth-order valence-corrected chi connectivity index (χ4v) is 3.52. The van der Waals surface area contributed by atoms with Crippen LogP contribution in [-0.4, -0.2) is 14.8 Å². The maximum atomic E-state index is 14.5. The van der Waals surface area contributed by atoms with Crippen LogP contribution in [0.3, 0.4) is 0 Å². The van der Waals surface area contributed by atoms with Crippen molar-refractivity contribution in [1.82, 2.24) is 14.8 Å².